The Balaban J connectivity index is 1.89. The topological polar surface area (TPSA) is 71.1 Å². The normalized spacial score (nSPS) is 27.9. The molecular weight excluding hydrogens is 372 g/mol. The fourth-order valence-electron chi connectivity index (χ4n) is 4.75. The molecule has 2 heterocycles. The van der Waals surface area contributed by atoms with Crippen LogP contribution in [0.5, 0.6) is 0 Å². The van der Waals surface area contributed by atoms with E-state index in [0.717, 1.165) is 11.1 Å². The highest BCUT2D eigenvalue weighted by Crippen LogP contribution is 2.50. The fraction of sp³-hybridized carbons (Fsp3) is 0.391. The predicted octanol–water partition coefficient (Wildman–Crippen LogP) is 3.40. The van der Waals surface area contributed by atoms with Crippen LogP contribution in [0.4, 0.5) is 0 Å². The van der Waals surface area contributed by atoms with Crippen molar-refractivity contribution in [3.63, 3.8) is 0 Å². The highest BCUT2D eigenvalue weighted by Gasteiger charge is 2.51. The second-order valence-electron chi connectivity index (χ2n) is 7.47. The van der Waals surface area contributed by atoms with Gasteiger partial charge in [0.05, 0.1) is 25.4 Å². The Morgan fingerprint density at radius 2 is 1.55 bits per heavy atom. The molecule has 1 aliphatic carbocycles. The molecule has 1 aromatic carbocycles. The van der Waals surface area contributed by atoms with Gasteiger partial charge in [-0.25, -0.2) is 9.59 Å². The third kappa shape index (κ3) is 3.12. The van der Waals surface area contributed by atoms with E-state index in [9.17, 15) is 9.59 Å². The van der Waals surface area contributed by atoms with Crippen LogP contribution in [0.15, 0.2) is 59.1 Å². The molecule has 2 bridgehead atoms. The second kappa shape index (κ2) is 7.43. The van der Waals surface area contributed by atoms with E-state index >= 15 is 0 Å². The highest BCUT2D eigenvalue weighted by molar-refractivity contribution is 5.93. The summed E-state index contributed by atoms with van der Waals surface area (Å²) >= 11 is 0. The zero-order valence-corrected chi connectivity index (χ0v) is 16.9. The van der Waals surface area contributed by atoms with E-state index in [1.165, 1.54) is 14.2 Å². The summed E-state index contributed by atoms with van der Waals surface area (Å²) < 4.78 is 22.4. The fourth-order valence-corrected chi connectivity index (χ4v) is 4.75. The molecule has 0 fully saturated rings. The summed E-state index contributed by atoms with van der Waals surface area (Å²) in [5, 5.41) is 0. The van der Waals surface area contributed by atoms with E-state index in [4.69, 9.17) is 18.9 Å². The Hall–Kier alpha value is -3.02. The maximum atomic E-state index is 12.6. The van der Waals surface area contributed by atoms with Gasteiger partial charge in [0, 0.05) is 11.8 Å². The summed E-state index contributed by atoms with van der Waals surface area (Å²) in [6.45, 7) is 3.54. The summed E-state index contributed by atoms with van der Waals surface area (Å²) in [4.78, 5) is 25.2. The van der Waals surface area contributed by atoms with Crippen molar-refractivity contribution in [2.45, 2.75) is 32.5 Å². The van der Waals surface area contributed by atoms with Crippen molar-refractivity contribution in [3.8, 4) is 0 Å². The maximum Gasteiger partial charge on any atom is 0.337 e. The van der Waals surface area contributed by atoms with Gasteiger partial charge in [-0.3, -0.25) is 0 Å². The first-order valence-corrected chi connectivity index (χ1v) is 9.64. The zero-order valence-electron chi connectivity index (χ0n) is 16.9. The first kappa shape index (κ1) is 19.3. The minimum atomic E-state index is -0.443. The molecule has 2 unspecified atom stereocenters. The zero-order chi connectivity index (χ0) is 20.7. The average Bonchev–Trinajstić information content (AvgIpc) is 3.00. The second-order valence-corrected chi connectivity index (χ2v) is 7.47. The van der Waals surface area contributed by atoms with E-state index in [-0.39, 0.29) is 17.9 Å². The molecule has 3 aliphatic rings. The van der Waals surface area contributed by atoms with Gasteiger partial charge >= 0.3 is 11.9 Å². The average molecular weight is 396 g/mol. The van der Waals surface area contributed by atoms with E-state index in [1.54, 1.807) is 13.8 Å². The number of methoxy groups -OCH3 is 2. The Morgan fingerprint density at radius 1 is 0.931 bits per heavy atom. The molecule has 4 atom stereocenters. The molecule has 2 aliphatic heterocycles. The minimum absolute atomic E-state index is 0.246. The molecule has 0 spiro atoms. The van der Waals surface area contributed by atoms with Crippen molar-refractivity contribution in [2.24, 2.45) is 11.8 Å². The number of carbonyl (C=O) groups is 2. The molecule has 0 saturated heterocycles. The lowest BCUT2D eigenvalue weighted by atomic mass is 9.75. The van der Waals surface area contributed by atoms with Crippen LogP contribution in [-0.2, 0) is 28.5 Å². The van der Waals surface area contributed by atoms with Crippen LogP contribution in [0.1, 0.15) is 25.8 Å². The summed E-state index contributed by atoms with van der Waals surface area (Å²) in [6.07, 6.45) is 1.92. The summed E-state index contributed by atoms with van der Waals surface area (Å²) in [5.74, 6) is -0.455. The lowest BCUT2D eigenvalue weighted by molar-refractivity contribution is -0.139. The number of allylic oxidation sites excluding steroid dienone is 2. The molecular formula is C23H24O6. The molecule has 0 amide bonds. The Kier molecular flexibility index (Phi) is 4.94. The standard InChI is InChI=1S/C23H24O6/c1-12-19(22(24)26-3)16-11-17(28-12)15(14-8-6-5-7-9-14)10-18-21(16)20(13(2)29-18)23(25)27-4/h5-10,16-18,21H,11H2,1-4H3/t16-,17-,18?,21?/m1/s1. The van der Waals surface area contributed by atoms with Crippen LogP contribution in [0.2, 0.25) is 0 Å². The van der Waals surface area contributed by atoms with E-state index in [2.05, 4.69) is 0 Å². The van der Waals surface area contributed by atoms with Crippen molar-refractivity contribution in [1.82, 2.24) is 0 Å². The molecule has 4 rings (SSSR count). The molecule has 0 N–H and O–H groups in total. The molecule has 6 heteroatoms. The monoisotopic (exact) mass is 396 g/mol. The molecule has 6 nitrogen and oxygen atoms in total. The number of rotatable bonds is 3. The van der Waals surface area contributed by atoms with Gasteiger partial charge in [0.25, 0.3) is 0 Å². The van der Waals surface area contributed by atoms with Crippen LogP contribution in [0.25, 0.3) is 5.57 Å². The van der Waals surface area contributed by atoms with Crippen molar-refractivity contribution in [1.29, 1.82) is 0 Å². The van der Waals surface area contributed by atoms with Crippen LogP contribution >= 0.6 is 0 Å². The quantitative estimate of drug-likeness (QED) is 0.730. The third-order valence-corrected chi connectivity index (χ3v) is 5.96. The molecule has 1 aromatic rings. The van der Waals surface area contributed by atoms with Crippen LogP contribution in [0.3, 0.4) is 0 Å². The van der Waals surface area contributed by atoms with Crippen LogP contribution in [-0.4, -0.2) is 38.4 Å². The van der Waals surface area contributed by atoms with E-state index < -0.39 is 18.0 Å². The number of hydrogen-bond donors (Lipinski definition) is 0. The van der Waals surface area contributed by atoms with Crippen molar-refractivity contribution >= 4 is 17.5 Å². The summed E-state index contributed by atoms with van der Waals surface area (Å²) in [5.41, 5.74) is 2.95. The number of esters is 2. The highest BCUT2D eigenvalue weighted by atomic mass is 16.5. The third-order valence-electron chi connectivity index (χ3n) is 5.96. The van der Waals surface area contributed by atoms with E-state index in [1.807, 2.05) is 36.4 Å². The Bertz CT molecular complexity index is 939. The lowest BCUT2D eigenvalue weighted by Crippen LogP contribution is -2.36. The molecule has 152 valence electrons. The Labute approximate surface area is 169 Å². The van der Waals surface area contributed by atoms with Gasteiger partial charge in [0.2, 0.25) is 0 Å². The summed E-state index contributed by atoms with van der Waals surface area (Å²) in [7, 11) is 2.71. The predicted molar refractivity (Wildman–Crippen MR) is 105 cm³/mol. The Morgan fingerprint density at radius 3 is 2.21 bits per heavy atom. The van der Waals surface area contributed by atoms with Gasteiger partial charge in [-0.2, -0.15) is 0 Å². The van der Waals surface area contributed by atoms with Gasteiger partial charge in [-0.15, -0.1) is 0 Å². The van der Waals surface area contributed by atoms with Gasteiger partial charge in [0.15, 0.2) is 0 Å². The molecule has 0 radical (unpaired) electrons. The number of fused-ring (bicyclic) bond motifs is 4. The molecule has 0 saturated carbocycles. The number of hydrogen-bond acceptors (Lipinski definition) is 6. The van der Waals surface area contributed by atoms with Crippen molar-refractivity contribution < 1.29 is 28.5 Å². The van der Waals surface area contributed by atoms with E-state index in [0.29, 0.717) is 29.1 Å². The number of ether oxygens (including phenoxy) is 4. The molecule has 0 aromatic heterocycles. The van der Waals surface area contributed by atoms with Gasteiger partial charge in [-0.1, -0.05) is 30.3 Å². The lowest BCUT2D eigenvalue weighted by Gasteiger charge is -2.34. The smallest absolute Gasteiger partial charge is 0.337 e. The minimum Gasteiger partial charge on any atom is -0.490 e. The summed E-state index contributed by atoms with van der Waals surface area (Å²) in [6, 6.07) is 9.95. The van der Waals surface area contributed by atoms with Gasteiger partial charge < -0.3 is 18.9 Å². The number of carbonyl (C=O) groups excluding carboxylic acids is 2. The first-order chi connectivity index (χ1) is 14.0. The van der Waals surface area contributed by atoms with Gasteiger partial charge in [-0.05, 0) is 37.5 Å². The number of benzene rings is 1. The first-order valence-electron chi connectivity index (χ1n) is 9.64. The van der Waals surface area contributed by atoms with Gasteiger partial charge in [0.1, 0.15) is 23.7 Å². The largest absolute Gasteiger partial charge is 0.490 e. The van der Waals surface area contributed by atoms with Crippen molar-refractivity contribution in [3.05, 3.63) is 64.6 Å². The van der Waals surface area contributed by atoms with Crippen molar-refractivity contribution in [2.75, 3.05) is 14.2 Å². The van der Waals surface area contributed by atoms with Crippen LogP contribution in [0, 0.1) is 11.8 Å². The maximum absolute atomic E-state index is 12.6. The SMILES string of the molecule is COC(=O)C1=C(C)OC2C=C(c3ccccc3)[C@H]3C[C@H](C(C(=O)OC)=C(C)O3)C12. The molecule has 29 heavy (non-hydrogen) atoms. The van der Waals surface area contributed by atoms with Crippen LogP contribution < -0.4 is 0 Å².